The van der Waals surface area contributed by atoms with Gasteiger partial charge in [0, 0.05) is 20.6 Å². The van der Waals surface area contributed by atoms with Gasteiger partial charge in [0.2, 0.25) is 11.7 Å². The Morgan fingerprint density at radius 3 is 2.21 bits per heavy atom. The molecule has 0 atom stereocenters. The summed E-state index contributed by atoms with van der Waals surface area (Å²) in [4.78, 5) is 12.9. The third-order valence-corrected chi connectivity index (χ3v) is 2.64. The van der Waals surface area contributed by atoms with Crippen LogP contribution in [0.3, 0.4) is 0 Å². The van der Waals surface area contributed by atoms with Gasteiger partial charge in [0.1, 0.15) is 0 Å². The molecule has 1 amide bonds. The largest absolute Gasteiger partial charge is 0.502 e. The molecule has 0 aliphatic carbocycles. The van der Waals surface area contributed by atoms with Gasteiger partial charge in [-0.2, -0.15) is 0 Å². The van der Waals surface area contributed by atoms with Crippen LogP contribution in [0.25, 0.3) is 0 Å². The Morgan fingerprint density at radius 2 is 1.79 bits per heavy atom. The van der Waals surface area contributed by atoms with Crippen molar-refractivity contribution in [2.45, 2.75) is 6.54 Å². The van der Waals surface area contributed by atoms with Crippen LogP contribution < -0.4 is 14.8 Å². The minimum atomic E-state index is -0.0295. The van der Waals surface area contributed by atoms with E-state index in [1.165, 1.54) is 19.1 Å². The van der Waals surface area contributed by atoms with Crippen molar-refractivity contribution in [1.29, 1.82) is 0 Å². The molecule has 0 aromatic heterocycles. The SMILES string of the molecule is COc1cc(CNCC(=O)N(C)C)cc(OC)c1O. The number of ether oxygens (including phenoxy) is 2. The van der Waals surface area contributed by atoms with Crippen LogP contribution in [-0.4, -0.2) is 50.8 Å². The molecule has 0 radical (unpaired) electrons. The van der Waals surface area contributed by atoms with Gasteiger partial charge in [-0.1, -0.05) is 0 Å². The van der Waals surface area contributed by atoms with Crippen molar-refractivity contribution < 1.29 is 19.4 Å². The number of hydrogen-bond acceptors (Lipinski definition) is 5. The van der Waals surface area contributed by atoms with Crippen molar-refractivity contribution in [1.82, 2.24) is 10.2 Å². The van der Waals surface area contributed by atoms with E-state index in [0.717, 1.165) is 5.56 Å². The molecule has 1 rings (SSSR count). The van der Waals surface area contributed by atoms with Crippen molar-refractivity contribution in [2.24, 2.45) is 0 Å². The normalized spacial score (nSPS) is 10.1. The molecule has 0 heterocycles. The Bertz CT molecular complexity index is 421. The topological polar surface area (TPSA) is 71.0 Å². The molecule has 0 spiro atoms. The van der Waals surface area contributed by atoms with Crippen LogP contribution in [0.5, 0.6) is 17.2 Å². The maximum Gasteiger partial charge on any atom is 0.236 e. The number of hydrogen-bond donors (Lipinski definition) is 2. The highest BCUT2D eigenvalue weighted by atomic mass is 16.5. The van der Waals surface area contributed by atoms with E-state index < -0.39 is 0 Å². The predicted octanol–water partition coefficient (Wildman–Crippen LogP) is 0.587. The lowest BCUT2D eigenvalue weighted by atomic mass is 10.2. The first-order valence-corrected chi connectivity index (χ1v) is 5.84. The molecule has 0 bridgehead atoms. The number of likely N-dealkylation sites (N-methyl/N-ethyl adjacent to an activating group) is 1. The number of benzene rings is 1. The second-order valence-corrected chi connectivity index (χ2v) is 4.24. The number of carbonyl (C=O) groups excluding carboxylic acids is 1. The van der Waals surface area contributed by atoms with Gasteiger partial charge in [-0.3, -0.25) is 4.79 Å². The highest BCUT2D eigenvalue weighted by Gasteiger charge is 2.11. The molecule has 106 valence electrons. The van der Waals surface area contributed by atoms with E-state index in [2.05, 4.69) is 5.32 Å². The number of nitrogens with zero attached hydrogens (tertiary/aromatic N) is 1. The summed E-state index contributed by atoms with van der Waals surface area (Å²) < 4.78 is 10.1. The minimum Gasteiger partial charge on any atom is -0.502 e. The summed E-state index contributed by atoms with van der Waals surface area (Å²) in [5.41, 5.74) is 0.859. The van der Waals surface area contributed by atoms with E-state index in [1.54, 1.807) is 26.2 Å². The van der Waals surface area contributed by atoms with Crippen molar-refractivity contribution >= 4 is 5.91 Å². The van der Waals surface area contributed by atoms with Crippen LogP contribution in [0.2, 0.25) is 0 Å². The van der Waals surface area contributed by atoms with Gasteiger partial charge >= 0.3 is 0 Å². The summed E-state index contributed by atoms with van der Waals surface area (Å²) in [5.74, 6) is 0.654. The summed E-state index contributed by atoms with van der Waals surface area (Å²) in [5, 5.41) is 12.8. The van der Waals surface area contributed by atoms with E-state index >= 15 is 0 Å². The fourth-order valence-electron chi connectivity index (χ4n) is 1.52. The smallest absolute Gasteiger partial charge is 0.236 e. The van der Waals surface area contributed by atoms with Crippen LogP contribution >= 0.6 is 0 Å². The van der Waals surface area contributed by atoms with Crippen molar-refractivity contribution in [2.75, 3.05) is 34.9 Å². The lowest BCUT2D eigenvalue weighted by Crippen LogP contribution is -2.32. The van der Waals surface area contributed by atoms with Crippen molar-refractivity contribution in [3.63, 3.8) is 0 Å². The molecule has 2 N–H and O–H groups in total. The molecule has 1 aromatic rings. The number of amides is 1. The van der Waals surface area contributed by atoms with E-state index in [0.29, 0.717) is 18.0 Å². The van der Waals surface area contributed by atoms with E-state index in [1.807, 2.05) is 0 Å². The van der Waals surface area contributed by atoms with E-state index in [9.17, 15) is 9.90 Å². The molecule has 0 fully saturated rings. The molecule has 1 aromatic carbocycles. The Morgan fingerprint density at radius 1 is 1.26 bits per heavy atom. The maximum atomic E-state index is 11.4. The second kappa shape index (κ2) is 6.84. The summed E-state index contributed by atoms with van der Waals surface area (Å²) in [7, 11) is 6.36. The molecule has 0 saturated carbocycles. The number of nitrogens with one attached hydrogen (secondary N) is 1. The predicted molar refractivity (Wildman–Crippen MR) is 71.6 cm³/mol. The van der Waals surface area contributed by atoms with Gasteiger partial charge in [0.15, 0.2) is 11.5 Å². The molecule has 0 aliphatic heterocycles. The van der Waals surface area contributed by atoms with E-state index in [-0.39, 0.29) is 18.2 Å². The zero-order valence-electron chi connectivity index (χ0n) is 11.7. The number of phenols is 1. The average molecular weight is 268 g/mol. The molecule has 0 saturated heterocycles. The monoisotopic (exact) mass is 268 g/mol. The maximum absolute atomic E-state index is 11.4. The fraction of sp³-hybridized carbons (Fsp3) is 0.462. The third kappa shape index (κ3) is 4.03. The van der Waals surface area contributed by atoms with Crippen LogP contribution in [-0.2, 0) is 11.3 Å². The van der Waals surface area contributed by atoms with Gasteiger partial charge in [0.05, 0.1) is 20.8 Å². The summed E-state index contributed by atoms with van der Waals surface area (Å²) >= 11 is 0. The number of methoxy groups -OCH3 is 2. The van der Waals surface area contributed by atoms with Crippen LogP contribution in [0.15, 0.2) is 12.1 Å². The van der Waals surface area contributed by atoms with Gasteiger partial charge in [-0.25, -0.2) is 0 Å². The number of aromatic hydroxyl groups is 1. The highest BCUT2D eigenvalue weighted by molar-refractivity contribution is 5.77. The Balaban J connectivity index is 2.71. The molecule has 0 unspecified atom stereocenters. The fourth-order valence-corrected chi connectivity index (χ4v) is 1.52. The number of phenolic OH excluding ortho intramolecular Hbond substituents is 1. The first kappa shape index (κ1) is 15.1. The molecule has 6 heteroatoms. The van der Waals surface area contributed by atoms with Gasteiger partial charge in [-0.15, -0.1) is 0 Å². The number of rotatable bonds is 6. The Labute approximate surface area is 112 Å². The zero-order chi connectivity index (χ0) is 14.4. The molecule has 19 heavy (non-hydrogen) atoms. The third-order valence-electron chi connectivity index (χ3n) is 2.64. The minimum absolute atomic E-state index is 0.00212. The average Bonchev–Trinajstić information content (AvgIpc) is 2.39. The van der Waals surface area contributed by atoms with Gasteiger partial charge < -0.3 is 24.8 Å². The van der Waals surface area contributed by atoms with Gasteiger partial charge in [-0.05, 0) is 17.7 Å². The van der Waals surface area contributed by atoms with Crippen molar-refractivity contribution in [3.05, 3.63) is 17.7 Å². The lowest BCUT2D eigenvalue weighted by molar-refractivity contribution is -0.127. The zero-order valence-corrected chi connectivity index (χ0v) is 11.7. The molecule has 0 aliphatic rings. The van der Waals surface area contributed by atoms with Gasteiger partial charge in [0.25, 0.3) is 0 Å². The summed E-state index contributed by atoms with van der Waals surface area (Å²) in [6.45, 7) is 0.727. The standard InChI is InChI=1S/C13H20N2O4/c1-15(2)12(16)8-14-7-9-5-10(18-3)13(17)11(6-9)19-4/h5-6,14,17H,7-8H2,1-4H3. The van der Waals surface area contributed by atoms with Crippen LogP contribution in [0, 0.1) is 0 Å². The first-order valence-electron chi connectivity index (χ1n) is 5.84. The van der Waals surface area contributed by atoms with Crippen LogP contribution in [0.4, 0.5) is 0 Å². The molecular weight excluding hydrogens is 248 g/mol. The van der Waals surface area contributed by atoms with Crippen molar-refractivity contribution in [3.8, 4) is 17.2 Å². The molecule has 6 nitrogen and oxygen atoms in total. The lowest BCUT2D eigenvalue weighted by Gasteiger charge is -2.13. The summed E-state index contributed by atoms with van der Waals surface area (Å²) in [6, 6.07) is 3.40. The molecular formula is C13H20N2O4. The highest BCUT2D eigenvalue weighted by Crippen LogP contribution is 2.36. The first-order chi connectivity index (χ1) is 8.99. The van der Waals surface area contributed by atoms with E-state index in [4.69, 9.17) is 9.47 Å². The Hall–Kier alpha value is -1.95. The Kier molecular flexibility index (Phi) is 5.44. The second-order valence-electron chi connectivity index (χ2n) is 4.24. The van der Waals surface area contributed by atoms with Crippen LogP contribution in [0.1, 0.15) is 5.56 Å². The number of carbonyl (C=O) groups is 1. The summed E-state index contributed by atoms with van der Waals surface area (Å²) in [6.07, 6.45) is 0. The quantitative estimate of drug-likeness (QED) is 0.790.